The first-order chi connectivity index (χ1) is 12.5. The summed E-state index contributed by atoms with van der Waals surface area (Å²) in [6, 6.07) is 8.29. The maximum atomic E-state index is 12.8. The third-order valence-electron chi connectivity index (χ3n) is 4.45. The number of piperidine rings is 1. The summed E-state index contributed by atoms with van der Waals surface area (Å²) < 4.78 is 32.8. The van der Waals surface area contributed by atoms with Crippen molar-refractivity contribution in [3.63, 3.8) is 0 Å². The molecule has 0 aliphatic carbocycles. The van der Waals surface area contributed by atoms with Crippen molar-refractivity contribution in [2.24, 2.45) is 0 Å². The first-order valence-corrected chi connectivity index (χ1v) is 10.9. The number of sulfonamides is 1. The molecule has 0 saturated carbocycles. The minimum Gasteiger partial charge on any atom is -0.420 e. The second-order valence-electron chi connectivity index (χ2n) is 6.09. The molecule has 0 spiro atoms. The lowest BCUT2D eigenvalue weighted by molar-refractivity contribution is 0.291. The molecule has 0 radical (unpaired) electrons. The molecule has 9 heteroatoms. The van der Waals surface area contributed by atoms with Crippen molar-refractivity contribution in [3.8, 4) is 11.5 Å². The first-order valence-electron chi connectivity index (χ1n) is 8.16. The van der Waals surface area contributed by atoms with Crippen LogP contribution < -0.4 is 0 Å². The van der Waals surface area contributed by atoms with Crippen molar-refractivity contribution in [3.05, 3.63) is 52.0 Å². The molecular formula is C17H16ClN3O3S2. The fourth-order valence-electron chi connectivity index (χ4n) is 3.02. The van der Waals surface area contributed by atoms with Gasteiger partial charge in [0.25, 0.3) is 0 Å². The Kier molecular flexibility index (Phi) is 4.83. The van der Waals surface area contributed by atoms with Crippen molar-refractivity contribution in [1.82, 2.24) is 14.5 Å². The second kappa shape index (κ2) is 7.11. The summed E-state index contributed by atoms with van der Waals surface area (Å²) in [5, 5.41) is 12.6. The summed E-state index contributed by atoms with van der Waals surface area (Å²) in [7, 11) is -3.54. The van der Waals surface area contributed by atoms with Gasteiger partial charge >= 0.3 is 0 Å². The van der Waals surface area contributed by atoms with Crippen LogP contribution in [-0.4, -0.2) is 36.0 Å². The molecule has 4 rings (SSSR count). The third kappa shape index (κ3) is 3.42. The number of benzene rings is 1. The van der Waals surface area contributed by atoms with Crippen LogP contribution >= 0.6 is 22.9 Å². The van der Waals surface area contributed by atoms with E-state index in [0.717, 1.165) is 5.56 Å². The summed E-state index contributed by atoms with van der Waals surface area (Å²) in [6.45, 7) is 0.825. The van der Waals surface area contributed by atoms with Gasteiger partial charge in [0.05, 0.1) is 4.90 Å². The quantitative estimate of drug-likeness (QED) is 0.650. The molecule has 2 aromatic heterocycles. The Morgan fingerprint density at radius 3 is 2.69 bits per heavy atom. The Bertz CT molecular complexity index is 994. The molecule has 26 heavy (non-hydrogen) atoms. The van der Waals surface area contributed by atoms with E-state index in [0.29, 0.717) is 42.7 Å². The zero-order chi connectivity index (χ0) is 18.1. The van der Waals surface area contributed by atoms with Crippen LogP contribution in [0.2, 0.25) is 5.02 Å². The molecule has 1 aromatic carbocycles. The zero-order valence-corrected chi connectivity index (χ0v) is 16.1. The molecule has 1 aliphatic rings. The van der Waals surface area contributed by atoms with Crippen LogP contribution in [0, 0.1) is 0 Å². The molecule has 1 aliphatic heterocycles. The molecule has 136 valence electrons. The normalized spacial score (nSPS) is 16.8. The fraction of sp³-hybridized carbons (Fsp3) is 0.294. The van der Waals surface area contributed by atoms with Crippen LogP contribution in [0.4, 0.5) is 0 Å². The van der Waals surface area contributed by atoms with E-state index >= 15 is 0 Å². The van der Waals surface area contributed by atoms with Gasteiger partial charge in [-0.1, -0.05) is 17.7 Å². The lowest BCUT2D eigenvalue weighted by atomic mass is 9.98. The van der Waals surface area contributed by atoms with E-state index in [1.807, 2.05) is 16.8 Å². The summed E-state index contributed by atoms with van der Waals surface area (Å²) in [5.41, 5.74) is 0.912. The van der Waals surface area contributed by atoms with Crippen LogP contribution in [0.3, 0.4) is 0 Å². The number of hydrogen-bond acceptors (Lipinski definition) is 6. The van der Waals surface area contributed by atoms with Crippen LogP contribution in [0.5, 0.6) is 0 Å². The Morgan fingerprint density at radius 1 is 1.19 bits per heavy atom. The highest BCUT2D eigenvalue weighted by Gasteiger charge is 2.32. The zero-order valence-electron chi connectivity index (χ0n) is 13.7. The van der Waals surface area contributed by atoms with Crippen molar-refractivity contribution in [1.29, 1.82) is 0 Å². The highest BCUT2D eigenvalue weighted by atomic mass is 35.5. The van der Waals surface area contributed by atoms with Gasteiger partial charge in [-0.15, -0.1) is 10.2 Å². The lowest BCUT2D eigenvalue weighted by Crippen LogP contribution is -2.37. The molecule has 0 atom stereocenters. The van der Waals surface area contributed by atoms with Gasteiger partial charge in [-0.3, -0.25) is 0 Å². The standard InChI is InChI=1S/C17H16ClN3O3S2/c18-14-2-1-3-15(10-14)26(22,23)21-7-4-12(5-8-21)16-19-20-17(24-16)13-6-9-25-11-13/h1-3,6,9-12H,4-5,7-8H2. The molecule has 1 fully saturated rings. The summed E-state index contributed by atoms with van der Waals surface area (Å²) in [6.07, 6.45) is 1.29. The smallest absolute Gasteiger partial charge is 0.248 e. The van der Waals surface area contributed by atoms with Crippen molar-refractivity contribution >= 4 is 33.0 Å². The van der Waals surface area contributed by atoms with Crippen LogP contribution in [0.25, 0.3) is 11.5 Å². The minimum absolute atomic E-state index is 0.0701. The highest BCUT2D eigenvalue weighted by Crippen LogP contribution is 2.32. The summed E-state index contributed by atoms with van der Waals surface area (Å²) in [4.78, 5) is 0.223. The number of rotatable bonds is 4. The van der Waals surface area contributed by atoms with Crippen LogP contribution in [0.15, 0.2) is 50.4 Å². The summed E-state index contributed by atoms with van der Waals surface area (Å²) >= 11 is 7.50. The molecular weight excluding hydrogens is 394 g/mol. The predicted octanol–water partition coefficient (Wildman–Crippen LogP) is 4.02. The number of hydrogen-bond donors (Lipinski definition) is 0. The monoisotopic (exact) mass is 409 g/mol. The fourth-order valence-corrected chi connectivity index (χ4v) is 5.42. The van der Waals surface area contributed by atoms with Crippen molar-refractivity contribution in [2.45, 2.75) is 23.7 Å². The highest BCUT2D eigenvalue weighted by molar-refractivity contribution is 7.89. The lowest BCUT2D eigenvalue weighted by Gasteiger charge is -2.29. The molecule has 0 amide bonds. The van der Waals surface area contributed by atoms with Gasteiger partial charge < -0.3 is 4.42 Å². The van der Waals surface area contributed by atoms with E-state index in [1.54, 1.807) is 29.5 Å². The van der Waals surface area contributed by atoms with Gasteiger partial charge in [-0.05, 0) is 42.5 Å². The van der Waals surface area contributed by atoms with E-state index in [9.17, 15) is 8.42 Å². The number of halogens is 1. The second-order valence-corrected chi connectivity index (χ2v) is 9.25. The number of thiophene rings is 1. The third-order valence-corrected chi connectivity index (χ3v) is 7.26. The van der Waals surface area contributed by atoms with Gasteiger partial charge in [0.15, 0.2) is 0 Å². The Labute approximate surface area is 160 Å². The maximum Gasteiger partial charge on any atom is 0.248 e. The van der Waals surface area contributed by atoms with E-state index in [-0.39, 0.29) is 10.8 Å². The summed E-state index contributed by atoms with van der Waals surface area (Å²) in [5.74, 6) is 1.15. The van der Waals surface area contributed by atoms with Crippen LogP contribution in [-0.2, 0) is 10.0 Å². The Morgan fingerprint density at radius 2 is 2.00 bits per heavy atom. The molecule has 0 bridgehead atoms. The van der Waals surface area contributed by atoms with E-state index < -0.39 is 10.0 Å². The topological polar surface area (TPSA) is 76.3 Å². The first kappa shape index (κ1) is 17.7. The predicted molar refractivity (Wildman–Crippen MR) is 99.8 cm³/mol. The average Bonchev–Trinajstić information content (AvgIpc) is 3.33. The van der Waals surface area contributed by atoms with E-state index in [4.69, 9.17) is 16.0 Å². The van der Waals surface area contributed by atoms with Gasteiger partial charge in [0, 0.05) is 35.0 Å². The Hall–Kier alpha value is -1.74. The van der Waals surface area contributed by atoms with Gasteiger partial charge in [0.1, 0.15) is 0 Å². The minimum atomic E-state index is -3.54. The van der Waals surface area contributed by atoms with Crippen LogP contribution in [0.1, 0.15) is 24.7 Å². The van der Waals surface area contributed by atoms with E-state index in [1.165, 1.54) is 10.4 Å². The average molecular weight is 410 g/mol. The number of nitrogens with zero attached hydrogens (tertiary/aromatic N) is 3. The van der Waals surface area contributed by atoms with Gasteiger partial charge in [-0.25, -0.2) is 8.42 Å². The molecule has 6 nitrogen and oxygen atoms in total. The van der Waals surface area contributed by atoms with Gasteiger partial charge in [0.2, 0.25) is 21.8 Å². The van der Waals surface area contributed by atoms with Gasteiger partial charge in [-0.2, -0.15) is 15.6 Å². The molecule has 0 N–H and O–H groups in total. The maximum absolute atomic E-state index is 12.8. The SMILES string of the molecule is O=S(=O)(c1cccc(Cl)c1)N1CCC(c2nnc(-c3ccsc3)o2)CC1. The molecule has 0 unspecified atom stereocenters. The molecule has 1 saturated heterocycles. The number of aromatic nitrogens is 2. The largest absolute Gasteiger partial charge is 0.420 e. The molecule has 3 heterocycles. The van der Waals surface area contributed by atoms with E-state index in [2.05, 4.69) is 10.2 Å². The Balaban J connectivity index is 1.46. The molecule has 3 aromatic rings. The van der Waals surface area contributed by atoms with Crippen molar-refractivity contribution in [2.75, 3.05) is 13.1 Å². The van der Waals surface area contributed by atoms with Crippen molar-refractivity contribution < 1.29 is 12.8 Å².